The van der Waals surface area contributed by atoms with Crippen LogP contribution in [0.5, 0.6) is 0 Å². The van der Waals surface area contributed by atoms with Gasteiger partial charge in [-0.15, -0.1) is 0 Å². The minimum absolute atomic E-state index is 0.219. The van der Waals surface area contributed by atoms with E-state index in [2.05, 4.69) is 46.0 Å². The number of benzene rings is 2. The van der Waals surface area contributed by atoms with Crippen LogP contribution in [0.4, 0.5) is 17.1 Å². The molecule has 3 N–H and O–H groups in total. The molecule has 0 saturated carbocycles. The van der Waals surface area contributed by atoms with E-state index < -0.39 is 9.84 Å². The molecule has 1 fully saturated rings. The second kappa shape index (κ2) is 13.3. The van der Waals surface area contributed by atoms with Gasteiger partial charge in [-0.2, -0.15) is 0 Å². The molecule has 8 nitrogen and oxygen atoms in total. The number of piperidine rings is 1. The van der Waals surface area contributed by atoms with Crippen LogP contribution in [0.25, 0.3) is 0 Å². The molecule has 2 aromatic rings. The Morgan fingerprint density at radius 1 is 1.08 bits per heavy atom. The zero-order valence-corrected chi connectivity index (χ0v) is 24.5. The molecule has 2 aromatic carbocycles. The molecule has 3 rings (SSSR count). The van der Waals surface area contributed by atoms with Gasteiger partial charge in [0, 0.05) is 51.2 Å². The number of carbonyl (C=O) groups excluding carboxylic acids is 1. The van der Waals surface area contributed by atoms with Crippen LogP contribution in [0, 0.1) is 0 Å². The van der Waals surface area contributed by atoms with Gasteiger partial charge in [0.1, 0.15) is 0 Å². The second-order valence-corrected chi connectivity index (χ2v) is 12.5. The lowest BCUT2D eigenvalue weighted by molar-refractivity contribution is 0.0953. The molecule has 0 unspecified atom stereocenters. The lowest BCUT2D eigenvalue weighted by Crippen LogP contribution is -2.36. The summed E-state index contributed by atoms with van der Waals surface area (Å²) in [6.45, 7) is 8.44. The molecule has 1 aliphatic rings. The van der Waals surface area contributed by atoms with E-state index in [0.717, 1.165) is 63.2 Å². The molecular formula is C29H45N5O3S. The minimum Gasteiger partial charge on any atom is -0.399 e. The number of amides is 1. The smallest absolute Gasteiger partial charge is 0.253 e. The number of nitrogens with two attached hydrogens (primary N) is 1. The summed E-state index contributed by atoms with van der Waals surface area (Å²) >= 11 is 0. The Bertz CT molecular complexity index is 1170. The van der Waals surface area contributed by atoms with Crippen LogP contribution in [-0.2, 0) is 9.84 Å². The van der Waals surface area contributed by atoms with E-state index in [4.69, 9.17) is 5.73 Å². The molecule has 9 heteroatoms. The van der Waals surface area contributed by atoms with E-state index in [1.807, 2.05) is 32.3 Å². The molecule has 1 aliphatic heterocycles. The van der Waals surface area contributed by atoms with E-state index in [1.165, 1.54) is 11.8 Å². The topological polar surface area (TPSA) is 99.0 Å². The maximum absolute atomic E-state index is 13.3. The van der Waals surface area contributed by atoms with Gasteiger partial charge in [0.25, 0.3) is 5.91 Å². The third-order valence-corrected chi connectivity index (χ3v) is 8.45. The number of unbranched alkanes of at least 4 members (excludes halogenated alkanes) is 1. The average molecular weight is 544 g/mol. The zero-order valence-electron chi connectivity index (χ0n) is 23.7. The van der Waals surface area contributed by atoms with Gasteiger partial charge in [-0.1, -0.05) is 25.5 Å². The fourth-order valence-corrected chi connectivity index (χ4v) is 5.91. The van der Waals surface area contributed by atoms with Crippen molar-refractivity contribution in [2.24, 2.45) is 0 Å². The molecule has 1 saturated heterocycles. The van der Waals surface area contributed by atoms with E-state index >= 15 is 0 Å². The van der Waals surface area contributed by atoms with Gasteiger partial charge in [-0.3, -0.25) is 4.79 Å². The Labute approximate surface area is 229 Å². The summed E-state index contributed by atoms with van der Waals surface area (Å²) in [7, 11) is 0.475. The van der Waals surface area contributed by atoms with Crippen LogP contribution < -0.4 is 20.9 Å². The number of likely N-dealkylation sites (N-methyl/N-ethyl adjacent to an activating group) is 2. The molecule has 0 aliphatic carbocycles. The predicted molar refractivity (Wildman–Crippen MR) is 158 cm³/mol. The molecule has 38 heavy (non-hydrogen) atoms. The van der Waals surface area contributed by atoms with Gasteiger partial charge in [0.15, 0.2) is 9.84 Å². The number of hydrogen-bond acceptors (Lipinski definition) is 7. The van der Waals surface area contributed by atoms with Gasteiger partial charge < -0.3 is 25.8 Å². The van der Waals surface area contributed by atoms with Gasteiger partial charge in [0.2, 0.25) is 0 Å². The Morgan fingerprint density at radius 2 is 1.74 bits per heavy atom. The van der Waals surface area contributed by atoms with E-state index in [-0.39, 0.29) is 10.8 Å². The minimum atomic E-state index is -3.57. The van der Waals surface area contributed by atoms with Crippen molar-refractivity contribution in [2.75, 3.05) is 75.2 Å². The first kappa shape index (κ1) is 29.8. The summed E-state index contributed by atoms with van der Waals surface area (Å²) in [6, 6.07) is 11.6. The first-order valence-electron chi connectivity index (χ1n) is 13.7. The van der Waals surface area contributed by atoms with Crippen LogP contribution in [0.3, 0.4) is 0 Å². The molecule has 210 valence electrons. The van der Waals surface area contributed by atoms with Crippen LogP contribution in [0.1, 0.15) is 61.4 Å². The molecule has 0 spiro atoms. The number of anilines is 3. The molecule has 0 radical (unpaired) electrons. The largest absolute Gasteiger partial charge is 0.399 e. The van der Waals surface area contributed by atoms with Crippen molar-refractivity contribution in [3.63, 3.8) is 0 Å². The van der Waals surface area contributed by atoms with Gasteiger partial charge in [-0.05, 0) is 76.0 Å². The van der Waals surface area contributed by atoms with Crippen LogP contribution in [0.2, 0.25) is 0 Å². The van der Waals surface area contributed by atoms with Crippen molar-refractivity contribution >= 4 is 32.8 Å². The van der Waals surface area contributed by atoms with Crippen molar-refractivity contribution < 1.29 is 13.2 Å². The second-order valence-electron chi connectivity index (χ2n) is 10.5. The van der Waals surface area contributed by atoms with Crippen molar-refractivity contribution in [2.45, 2.75) is 50.3 Å². The van der Waals surface area contributed by atoms with Crippen molar-refractivity contribution in [3.8, 4) is 0 Å². The Kier molecular flexibility index (Phi) is 10.4. The lowest BCUT2D eigenvalue weighted by atomic mass is 9.89. The normalized spacial score (nSPS) is 14.6. The first-order valence-corrected chi connectivity index (χ1v) is 15.6. The predicted octanol–water partition coefficient (Wildman–Crippen LogP) is 3.97. The number of hydrogen-bond donors (Lipinski definition) is 2. The Balaban J connectivity index is 2.00. The summed E-state index contributed by atoms with van der Waals surface area (Å²) in [6.07, 6.45) is 4.91. The van der Waals surface area contributed by atoms with Gasteiger partial charge >= 0.3 is 0 Å². The van der Waals surface area contributed by atoms with Crippen LogP contribution in [0.15, 0.2) is 41.3 Å². The van der Waals surface area contributed by atoms with Crippen molar-refractivity contribution in [3.05, 3.63) is 47.5 Å². The average Bonchev–Trinajstić information content (AvgIpc) is 2.88. The van der Waals surface area contributed by atoms with E-state index in [9.17, 15) is 13.2 Å². The molecule has 1 amide bonds. The quantitative estimate of drug-likeness (QED) is 0.309. The third-order valence-electron chi connectivity index (χ3n) is 7.32. The summed E-state index contributed by atoms with van der Waals surface area (Å²) in [4.78, 5) is 20.0. The van der Waals surface area contributed by atoms with Crippen molar-refractivity contribution in [1.82, 2.24) is 10.2 Å². The highest BCUT2D eigenvalue weighted by Gasteiger charge is 2.28. The van der Waals surface area contributed by atoms with E-state index in [0.29, 0.717) is 30.3 Å². The number of carbonyl (C=O) groups is 1. The highest BCUT2D eigenvalue weighted by Crippen LogP contribution is 2.37. The molecule has 0 atom stereocenters. The number of nitrogens with one attached hydrogen (secondary N) is 1. The van der Waals surface area contributed by atoms with Crippen molar-refractivity contribution in [1.29, 1.82) is 0 Å². The lowest BCUT2D eigenvalue weighted by Gasteiger charge is -2.36. The number of nitrogen functional groups attached to an aromatic ring is 1. The number of nitrogens with zero attached hydrogens (tertiary/aromatic N) is 3. The van der Waals surface area contributed by atoms with E-state index in [1.54, 1.807) is 6.07 Å². The SMILES string of the molecule is CCCCNC(=O)c1cc(S(C)(=O)=O)c(N2CCC(c3ccc(N)cc3)CC2)cc1N(CC)CCN(C)C. The molecular weight excluding hydrogens is 498 g/mol. The highest BCUT2D eigenvalue weighted by molar-refractivity contribution is 7.90. The Morgan fingerprint density at radius 3 is 2.29 bits per heavy atom. The summed E-state index contributed by atoms with van der Waals surface area (Å²) in [5.41, 5.74) is 9.78. The Hall–Kier alpha value is -2.78. The molecule has 0 aromatic heterocycles. The van der Waals surface area contributed by atoms with Crippen LogP contribution >= 0.6 is 0 Å². The monoisotopic (exact) mass is 543 g/mol. The zero-order chi connectivity index (χ0) is 27.9. The molecule has 0 bridgehead atoms. The first-order chi connectivity index (χ1) is 18.0. The third kappa shape index (κ3) is 7.63. The number of rotatable bonds is 12. The maximum atomic E-state index is 13.3. The summed E-state index contributed by atoms with van der Waals surface area (Å²) < 4.78 is 26.0. The summed E-state index contributed by atoms with van der Waals surface area (Å²) in [5.74, 6) is 0.180. The van der Waals surface area contributed by atoms with Crippen LogP contribution in [-0.4, -0.2) is 78.8 Å². The van der Waals surface area contributed by atoms with Gasteiger partial charge in [0.05, 0.1) is 21.8 Å². The fraction of sp³-hybridized carbons (Fsp3) is 0.552. The molecule has 1 heterocycles. The summed E-state index contributed by atoms with van der Waals surface area (Å²) in [5, 5.41) is 3.00. The fourth-order valence-electron chi connectivity index (χ4n) is 5.01. The maximum Gasteiger partial charge on any atom is 0.253 e. The highest BCUT2D eigenvalue weighted by atomic mass is 32.2. The standard InChI is InChI=1S/C29H45N5O3S/c1-6-8-15-31-29(35)25-20-28(38(5,36)37)27(21-26(25)33(7-2)19-18-32(3)4)34-16-13-23(14-17-34)22-9-11-24(30)12-10-22/h9-12,20-21,23H,6-8,13-19,30H2,1-5H3,(H,31,35). The van der Waals surface area contributed by atoms with Gasteiger partial charge in [-0.25, -0.2) is 8.42 Å². The number of sulfone groups is 1.